The number of hydrogen-bond acceptors (Lipinski definition) is 4. The van der Waals surface area contributed by atoms with Gasteiger partial charge >= 0.3 is 6.11 Å². The van der Waals surface area contributed by atoms with Crippen molar-refractivity contribution in [2.24, 2.45) is 7.05 Å². The summed E-state index contributed by atoms with van der Waals surface area (Å²) in [5, 5.41) is 10.8. The van der Waals surface area contributed by atoms with Gasteiger partial charge in [-0.05, 0) is 32.8 Å². The smallest absolute Gasteiger partial charge is 0.410 e. The molecule has 2 heterocycles. The van der Waals surface area contributed by atoms with Crippen LogP contribution in [0.3, 0.4) is 0 Å². The van der Waals surface area contributed by atoms with Gasteiger partial charge in [-0.25, -0.2) is 18.1 Å². The van der Waals surface area contributed by atoms with Crippen LogP contribution in [-0.2, 0) is 7.05 Å². The van der Waals surface area contributed by atoms with Gasteiger partial charge in [-0.1, -0.05) is 12.1 Å². The van der Waals surface area contributed by atoms with Crippen molar-refractivity contribution in [1.29, 1.82) is 0 Å². The molecule has 0 spiro atoms. The van der Waals surface area contributed by atoms with Crippen molar-refractivity contribution in [1.82, 2.24) is 24.9 Å². The van der Waals surface area contributed by atoms with E-state index in [-0.39, 0.29) is 28.6 Å². The Morgan fingerprint density at radius 1 is 1.34 bits per heavy atom. The first kappa shape index (κ1) is 21.8. The van der Waals surface area contributed by atoms with Crippen molar-refractivity contribution in [2.45, 2.75) is 45.0 Å². The van der Waals surface area contributed by atoms with Crippen LogP contribution in [0.2, 0.25) is 0 Å². The summed E-state index contributed by atoms with van der Waals surface area (Å²) in [6.45, 7) is 2.16. The fourth-order valence-corrected chi connectivity index (χ4v) is 3.22. The number of nitrogens with one attached hydrogen (secondary N) is 1. The number of aryl methyl sites for hydroxylation is 1. The number of amides is 1. The lowest BCUT2D eigenvalue weighted by molar-refractivity contribution is -0.217. The number of alkyl halides is 3. The van der Waals surface area contributed by atoms with Crippen LogP contribution >= 0.6 is 0 Å². The molecular formula is C21H21F4N5O2. The van der Waals surface area contributed by atoms with E-state index in [4.69, 9.17) is 0 Å². The standard InChI is InChI=1S/C21H21F4N5O2/c1-11-19(32-21(24,25)12(2)22)28-29(3)20(11)30-10-13(9-26-30)15-5-4-6-16(17(15)23)18(31)27-14-7-8-14/h4-6,9-10,12,14H,7-8H2,1-3H3,(H,27,31). The molecule has 170 valence electrons. The fourth-order valence-electron chi connectivity index (χ4n) is 3.22. The highest BCUT2D eigenvalue weighted by atomic mass is 19.3. The number of nitrogens with zero attached hydrogens (tertiary/aromatic N) is 4. The molecule has 32 heavy (non-hydrogen) atoms. The lowest BCUT2D eigenvalue weighted by Gasteiger charge is -2.17. The van der Waals surface area contributed by atoms with Gasteiger partial charge in [-0.15, -0.1) is 5.10 Å². The number of aromatic nitrogens is 4. The highest BCUT2D eigenvalue weighted by Gasteiger charge is 2.41. The molecule has 0 bridgehead atoms. The van der Waals surface area contributed by atoms with Gasteiger partial charge in [-0.3, -0.25) is 4.79 Å². The summed E-state index contributed by atoms with van der Waals surface area (Å²) in [4.78, 5) is 12.3. The van der Waals surface area contributed by atoms with Gasteiger partial charge < -0.3 is 10.1 Å². The Morgan fingerprint density at radius 2 is 2.06 bits per heavy atom. The number of benzene rings is 1. The zero-order valence-electron chi connectivity index (χ0n) is 17.6. The van der Waals surface area contributed by atoms with Gasteiger partial charge in [0.05, 0.1) is 17.3 Å². The molecule has 3 aromatic rings. The minimum atomic E-state index is -4.05. The number of ether oxygens (including phenoxy) is 1. The largest absolute Gasteiger partial charge is 0.430 e. The summed E-state index contributed by atoms with van der Waals surface area (Å²) < 4.78 is 62.6. The van der Waals surface area contributed by atoms with Crippen LogP contribution in [0.1, 0.15) is 35.7 Å². The first-order valence-corrected chi connectivity index (χ1v) is 9.97. The molecule has 1 fully saturated rings. The number of carbonyl (C=O) groups excluding carboxylic acids is 1. The fraction of sp³-hybridized carbons (Fsp3) is 0.381. The van der Waals surface area contributed by atoms with Crippen LogP contribution in [-0.4, -0.2) is 43.8 Å². The van der Waals surface area contributed by atoms with Gasteiger partial charge in [0.1, 0.15) is 5.82 Å². The maximum atomic E-state index is 15.1. The van der Waals surface area contributed by atoms with E-state index < -0.39 is 29.9 Å². The Hall–Kier alpha value is -3.37. The minimum absolute atomic E-state index is 0.0721. The average Bonchev–Trinajstić information content (AvgIpc) is 3.33. The highest BCUT2D eigenvalue weighted by molar-refractivity contribution is 5.96. The van der Waals surface area contributed by atoms with Gasteiger partial charge in [0.25, 0.3) is 5.91 Å². The van der Waals surface area contributed by atoms with Crippen LogP contribution in [0.5, 0.6) is 5.88 Å². The van der Waals surface area contributed by atoms with E-state index in [9.17, 15) is 18.0 Å². The number of halogens is 4. The van der Waals surface area contributed by atoms with Crippen molar-refractivity contribution in [3.63, 3.8) is 0 Å². The number of carbonyl (C=O) groups is 1. The van der Waals surface area contributed by atoms with Crippen LogP contribution < -0.4 is 10.1 Å². The second kappa shape index (κ2) is 7.95. The number of hydrogen-bond donors (Lipinski definition) is 1. The maximum Gasteiger partial charge on any atom is 0.430 e. The molecule has 1 unspecified atom stereocenters. The van der Waals surface area contributed by atoms with E-state index in [0.29, 0.717) is 12.5 Å². The molecule has 1 aromatic carbocycles. The summed E-state index contributed by atoms with van der Waals surface area (Å²) in [6, 6.07) is 4.57. The van der Waals surface area contributed by atoms with Crippen molar-refractivity contribution in [2.75, 3.05) is 0 Å². The van der Waals surface area contributed by atoms with Gasteiger partial charge in [0.2, 0.25) is 12.1 Å². The maximum absolute atomic E-state index is 15.1. The monoisotopic (exact) mass is 451 g/mol. The molecule has 11 heteroatoms. The molecule has 0 aliphatic heterocycles. The lowest BCUT2D eigenvalue weighted by Crippen LogP contribution is -2.34. The Labute approximate surface area is 181 Å². The van der Waals surface area contributed by atoms with Crippen LogP contribution in [0, 0.1) is 12.7 Å². The van der Waals surface area contributed by atoms with Crippen LogP contribution in [0.25, 0.3) is 16.9 Å². The SMILES string of the molecule is Cc1c(OC(F)(F)C(C)F)nn(C)c1-n1cc(-c2cccc(C(=O)NC3CC3)c2F)cn1. The van der Waals surface area contributed by atoms with E-state index in [1.165, 1.54) is 47.9 Å². The Morgan fingerprint density at radius 3 is 2.72 bits per heavy atom. The minimum Gasteiger partial charge on any atom is -0.410 e. The summed E-state index contributed by atoms with van der Waals surface area (Å²) in [5.41, 5.74) is 0.653. The summed E-state index contributed by atoms with van der Waals surface area (Å²) in [6.07, 6.45) is -1.96. The van der Waals surface area contributed by atoms with E-state index in [1.54, 1.807) is 6.07 Å². The van der Waals surface area contributed by atoms with Crippen molar-refractivity contribution >= 4 is 5.91 Å². The van der Waals surface area contributed by atoms with E-state index >= 15 is 4.39 Å². The molecule has 1 atom stereocenters. The predicted molar refractivity (Wildman–Crippen MR) is 107 cm³/mol. The number of rotatable bonds is 7. The molecule has 1 amide bonds. The van der Waals surface area contributed by atoms with Gasteiger partial charge in [0.15, 0.2) is 5.82 Å². The van der Waals surface area contributed by atoms with Gasteiger partial charge in [0, 0.05) is 30.4 Å². The molecule has 2 aromatic heterocycles. The topological polar surface area (TPSA) is 74.0 Å². The molecule has 1 aliphatic carbocycles. The molecule has 0 radical (unpaired) electrons. The third kappa shape index (κ3) is 4.06. The second-order valence-corrected chi connectivity index (χ2v) is 7.75. The summed E-state index contributed by atoms with van der Waals surface area (Å²) in [7, 11) is 1.48. The van der Waals surface area contributed by atoms with E-state index in [2.05, 4.69) is 20.3 Å². The molecule has 1 aliphatic rings. The summed E-state index contributed by atoms with van der Waals surface area (Å²) >= 11 is 0. The normalized spacial score (nSPS) is 15.0. The van der Waals surface area contributed by atoms with E-state index in [0.717, 1.165) is 12.8 Å². The van der Waals surface area contributed by atoms with Crippen LogP contribution in [0.15, 0.2) is 30.6 Å². The molecule has 7 nitrogen and oxygen atoms in total. The zero-order chi connectivity index (χ0) is 23.2. The van der Waals surface area contributed by atoms with Gasteiger partial charge in [-0.2, -0.15) is 13.9 Å². The average molecular weight is 451 g/mol. The lowest BCUT2D eigenvalue weighted by atomic mass is 10.0. The predicted octanol–water partition coefficient (Wildman–Crippen LogP) is 3.94. The highest BCUT2D eigenvalue weighted by Crippen LogP contribution is 2.32. The van der Waals surface area contributed by atoms with Crippen molar-refractivity contribution in [3.05, 3.63) is 47.5 Å². The Bertz CT molecular complexity index is 1170. The second-order valence-electron chi connectivity index (χ2n) is 7.75. The molecule has 1 N–H and O–H groups in total. The Balaban J connectivity index is 1.65. The quantitative estimate of drug-likeness (QED) is 0.553. The van der Waals surface area contributed by atoms with Crippen LogP contribution in [0.4, 0.5) is 17.6 Å². The molecule has 0 saturated heterocycles. The van der Waals surface area contributed by atoms with Crippen molar-refractivity contribution in [3.8, 4) is 22.8 Å². The molecular weight excluding hydrogens is 430 g/mol. The zero-order valence-corrected chi connectivity index (χ0v) is 17.6. The third-order valence-corrected chi connectivity index (χ3v) is 5.17. The first-order chi connectivity index (χ1) is 15.1. The molecule has 4 rings (SSSR count). The molecule has 1 saturated carbocycles. The summed E-state index contributed by atoms with van der Waals surface area (Å²) in [5.74, 6) is -1.34. The van der Waals surface area contributed by atoms with E-state index in [1.807, 2.05) is 0 Å². The first-order valence-electron chi connectivity index (χ1n) is 9.97. The third-order valence-electron chi connectivity index (χ3n) is 5.17. The Kier molecular flexibility index (Phi) is 5.43. The van der Waals surface area contributed by atoms with Crippen molar-refractivity contribution < 1.29 is 27.1 Å².